The molecule has 1 unspecified atom stereocenters. The summed E-state index contributed by atoms with van der Waals surface area (Å²) >= 11 is 0. The SMILES string of the molecule is CCOC(=O)C(N)[C@H](C)CC. The van der Waals surface area contributed by atoms with Gasteiger partial charge in [0.05, 0.1) is 6.61 Å². The van der Waals surface area contributed by atoms with Gasteiger partial charge in [0, 0.05) is 0 Å². The lowest BCUT2D eigenvalue weighted by molar-refractivity contribution is -0.145. The molecular weight excluding hydrogens is 142 g/mol. The fraction of sp³-hybridized carbons (Fsp3) is 0.875. The van der Waals surface area contributed by atoms with Crippen LogP contribution < -0.4 is 5.73 Å². The molecule has 0 aromatic carbocycles. The molecule has 0 aliphatic heterocycles. The number of rotatable bonds is 4. The van der Waals surface area contributed by atoms with Gasteiger partial charge in [-0.1, -0.05) is 20.3 Å². The van der Waals surface area contributed by atoms with E-state index in [1.807, 2.05) is 13.8 Å². The number of nitrogens with two attached hydrogens (primary N) is 1. The topological polar surface area (TPSA) is 52.3 Å². The van der Waals surface area contributed by atoms with Crippen molar-refractivity contribution in [1.82, 2.24) is 0 Å². The lowest BCUT2D eigenvalue weighted by atomic mass is 10.0. The second kappa shape index (κ2) is 5.13. The van der Waals surface area contributed by atoms with Gasteiger partial charge in [-0.05, 0) is 12.8 Å². The van der Waals surface area contributed by atoms with Crippen molar-refractivity contribution >= 4 is 5.97 Å². The van der Waals surface area contributed by atoms with Crippen molar-refractivity contribution in [2.24, 2.45) is 11.7 Å². The molecule has 2 atom stereocenters. The Bertz CT molecular complexity index is 125. The lowest BCUT2D eigenvalue weighted by Crippen LogP contribution is -2.37. The summed E-state index contributed by atoms with van der Waals surface area (Å²) in [6.07, 6.45) is 0.903. The van der Waals surface area contributed by atoms with Gasteiger partial charge in [-0.25, -0.2) is 0 Å². The van der Waals surface area contributed by atoms with Crippen LogP contribution in [-0.4, -0.2) is 18.6 Å². The average molecular weight is 159 g/mol. The standard InChI is InChI=1S/C8H17NO2/c1-4-6(3)7(9)8(10)11-5-2/h6-7H,4-5,9H2,1-3H3/t6-,7?/m1/s1. The largest absolute Gasteiger partial charge is 0.465 e. The number of carbonyl (C=O) groups excluding carboxylic acids is 1. The van der Waals surface area contributed by atoms with E-state index in [0.29, 0.717) is 6.61 Å². The van der Waals surface area contributed by atoms with Crippen LogP contribution in [0, 0.1) is 5.92 Å². The summed E-state index contributed by atoms with van der Waals surface area (Å²) in [6.45, 7) is 6.13. The van der Waals surface area contributed by atoms with Gasteiger partial charge in [0.25, 0.3) is 0 Å². The Balaban J connectivity index is 3.80. The van der Waals surface area contributed by atoms with E-state index in [0.717, 1.165) is 6.42 Å². The Morgan fingerprint density at radius 1 is 1.55 bits per heavy atom. The highest BCUT2D eigenvalue weighted by atomic mass is 16.5. The monoisotopic (exact) mass is 159 g/mol. The van der Waals surface area contributed by atoms with Crippen LogP contribution in [0.4, 0.5) is 0 Å². The van der Waals surface area contributed by atoms with Gasteiger partial charge in [-0.15, -0.1) is 0 Å². The summed E-state index contributed by atoms with van der Waals surface area (Å²) in [7, 11) is 0. The van der Waals surface area contributed by atoms with Gasteiger partial charge in [0.15, 0.2) is 0 Å². The molecule has 0 aliphatic rings. The minimum atomic E-state index is -0.458. The van der Waals surface area contributed by atoms with Crippen LogP contribution in [-0.2, 0) is 9.53 Å². The zero-order valence-corrected chi connectivity index (χ0v) is 7.46. The first-order chi connectivity index (χ1) is 5.13. The Kier molecular flexibility index (Phi) is 4.86. The summed E-state index contributed by atoms with van der Waals surface area (Å²) in [6, 6.07) is -0.458. The number of hydrogen-bond acceptors (Lipinski definition) is 3. The smallest absolute Gasteiger partial charge is 0.323 e. The molecule has 2 N–H and O–H groups in total. The number of carbonyl (C=O) groups is 1. The molecule has 0 saturated carbocycles. The van der Waals surface area contributed by atoms with Gasteiger partial charge >= 0.3 is 5.97 Å². The van der Waals surface area contributed by atoms with Crippen molar-refractivity contribution in [2.75, 3.05) is 6.61 Å². The van der Waals surface area contributed by atoms with Crippen LogP contribution in [0.25, 0.3) is 0 Å². The first-order valence-electron chi connectivity index (χ1n) is 4.05. The number of hydrogen-bond donors (Lipinski definition) is 1. The molecule has 0 aliphatic carbocycles. The summed E-state index contributed by atoms with van der Waals surface area (Å²) < 4.78 is 4.76. The average Bonchev–Trinajstić information content (AvgIpc) is 2.02. The fourth-order valence-corrected chi connectivity index (χ4v) is 0.725. The van der Waals surface area contributed by atoms with Crippen molar-refractivity contribution < 1.29 is 9.53 Å². The highest BCUT2D eigenvalue weighted by molar-refractivity contribution is 5.75. The Morgan fingerprint density at radius 2 is 2.09 bits per heavy atom. The first kappa shape index (κ1) is 10.4. The van der Waals surface area contributed by atoms with Gasteiger partial charge in [-0.3, -0.25) is 4.79 Å². The molecule has 11 heavy (non-hydrogen) atoms. The van der Waals surface area contributed by atoms with Crippen LogP contribution in [0.2, 0.25) is 0 Å². The van der Waals surface area contributed by atoms with Crippen molar-refractivity contribution in [3.8, 4) is 0 Å². The molecule has 0 rings (SSSR count). The molecule has 0 saturated heterocycles. The summed E-state index contributed by atoms with van der Waals surface area (Å²) in [4.78, 5) is 11.0. The van der Waals surface area contributed by atoms with Crippen LogP contribution in [0.5, 0.6) is 0 Å². The minimum absolute atomic E-state index is 0.203. The Morgan fingerprint density at radius 3 is 2.45 bits per heavy atom. The van der Waals surface area contributed by atoms with Crippen molar-refractivity contribution in [2.45, 2.75) is 33.2 Å². The van der Waals surface area contributed by atoms with Crippen molar-refractivity contribution in [1.29, 1.82) is 0 Å². The number of esters is 1. The van der Waals surface area contributed by atoms with Crippen LogP contribution in [0.15, 0.2) is 0 Å². The summed E-state index contributed by atoms with van der Waals surface area (Å²) in [5, 5.41) is 0. The highest BCUT2D eigenvalue weighted by Crippen LogP contribution is 2.06. The third-order valence-electron chi connectivity index (χ3n) is 1.82. The second-order valence-corrected chi connectivity index (χ2v) is 2.66. The maximum Gasteiger partial charge on any atom is 0.323 e. The second-order valence-electron chi connectivity index (χ2n) is 2.66. The maximum absolute atomic E-state index is 11.0. The Hall–Kier alpha value is -0.570. The van der Waals surface area contributed by atoms with E-state index in [2.05, 4.69) is 0 Å². The van der Waals surface area contributed by atoms with Crippen molar-refractivity contribution in [3.05, 3.63) is 0 Å². The van der Waals surface area contributed by atoms with Gasteiger partial charge < -0.3 is 10.5 Å². The summed E-state index contributed by atoms with van der Waals surface area (Å²) in [5.74, 6) is -0.0871. The van der Waals surface area contributed by atoms with E-state index in [9.17, 15) is 4.79 Å². The molecule has 0 aromatic rings. The van der Waals surface area contributed by atoms with Crippen molar-refractivity contribution in [3.63, 3.8) is 0 Å². The molecule has 3 heteroatoms. The molecule has 3 nitrogen and oxygen atoms in total. The summed E-state index contributed by atoms with van der Waals surface area (Å²) in [5.41, 5.74) is 5.58. The van der Waals surface area contributed by atoms with Crippen LogP contribution in [0.3, 0.4) is 0 Å². The molecule has 0 heterocycles. The fourth-order valence-electron chi connectivity index (χ4n) is 0.725. The predicted molar refractivity (Wildman–Crippen MR) is 44.1 cm³/mol. The highest BCUT2D eigenvalue weighted by Gasteiger charge is 2.19. The number of ether oxygens (including phenoxy) is 1. The molecule has 66 valence electrons. The molecule has 0 bridgehead atoms. The predicted octanol–water partition coefficient (Wildman–Crippen LogP) is 0.923. The quantitative estimate of drug-likeness (QED) is 0.621. The van der Waals surface area contributed by atoms with Gasteiger partial charge in [0.2, 0.25) is 0 Å². The van der Waals surface area contributed by atoms with Crippen LogP contribution >= 0.6 is 0 Å². The molecule has 0 radical (unpaired) electrons. The van der Waals surface area contributed by atoms with Crippen LogP contribution in [0.1, 0.15) is 27.2 Å². The molecule has 0 amide bonds. The van der Waals surface area contributed by atoms with E-state index in [1.54, 1.807) is 6.92 Å². The van der Waals surface area contributed by atoms with Gasteiger partial charge in [-0.2, -0.15) is 0 Å². The third-order valence-corrected chi connectivity index (χ3v) is 1.82. The molecule has 0 aromatic heterocycles. The molecule has 0 fully saturated rings. The van der Waals surface area contributed by atoms with E-state index >= 15 is 0 Å². The minimum Gasteiger partial charge on any atom is -0.465 e. The molecule has 0 spiro atoms. The first-order valence-corrected chi connectivity index (χ1v) is 4.05. The van der Waals surface area contributed by atoms with E-state index in [4.69, 9.17) is 10.5 Å². The van der Waals surface area contributed by atoms with E-state index in [1.165, 1.54) is 0 Å². The zero-order valence-electron chi connectivity index (χ0n) is 7.46. The maximum atomic E-state index is 11.0. The Labute approximate surface area is 67.9 Å². The van der Waals surface area contributed by atoms with Gasteiger partial charge in [0.1, 0.15) is 6.04 Å². The molecular formula is C8H17NO2. The lowest BCUT2D eigenvalue weighted by Gasteiger charge is -2.15. The van der Waals surface area contributed by atoms with E-state index < -0.39 is 6.04 Å². The van der Waals surface area contributed by atoms with E-state index in [-0.39, 0.29) is 11.9 Å². The zero-order chi connectivity index (χ0) is 8.85. The normalized spacial score (nSPS) is 15.6. The third kappa shape index (κ3) is 3.37.